The van der Waals surface area contributed by atoms with E-state index in [1.165, 1.54) is 42.3 Å². The molecular formula is C21H31N3O. The molecule has 1 amide bonds. The Morgan fingerprint density at radius 2 is 2.16 bits per heavy atom. The van der Waals surface area contributed by atoms with Crippen LogP contribution in [0, 0.1) is 0 Å². The second-order valence-electron chi connectivity index (χ2n) is 7.23. The lowest BCUT2D eigenvalue weighted by molar-refractivity contribution is -0.121. The summed E-state index contributed by atoms with van der Waals surface area (Å²) in [6, 6.07) is 9.35. The average molecular weight is 341 g/mol. The first-order chi connectivity index (χ1) is 12.2. The average Bonchev–Trinajstić information content (AvgIpc) is 3.04. The van der Waals surface area contributed by atoms with Crippen molar-refractivity contribution in [2.24, 2.45) is 0 Å². The fourth-order valence-electron chi connectivity index (χ4n) is 3.86. The van der Waals surface area contributed by atoms with Crippen LogP contribution in [0.4, 0.5) is 0 Å². The number of aromatic nitrogens is 1. The van der Waals surface area contributed by atoms with Crippen LogP contribution in [0.3, 0.4) is 0 Å². The fraction of sp³-hybridized carbons (Fsp3) is 0.571. The highest BCUT2D eigenvalue weighted by molar-refractivity contribution is 5.81. The van der Waals surface area contributed by atoms with Crippen molar-refractivity contribution in [3.63, 3.8) is 0 Å². The van der Waals surface area contributed by atoms with Crippen molar-refractivity contribution in [1.82, 2.24) is 14.8 Å². The molecule has 4 heteroatoms. The number of nitrogens with zero attached hydrogens (tertiary/aromatic N) is 2. The van der Waals surface area contributed by atoms with E-state index in [2.05, 4.69) is 59.1 Å². The molecular weight excluding hydrogens is 310 g/mol. The lowest BCUT2D eigenvalue weighted by atomic mass is 10.0. The molecule has 0 unspecified atom stereocenters. The largest absolute Gasteiger partial charge is 0.355 e. The number of piperidine rings is 1. The number of likely N-dealkylation sites (tertiary alicyclic amines) is 1. The quantitative estimate of drug-likeness (QED) is 0.836. The predicted molar refractivity (Wildman–Crippen MR) is 104 cm³/mol. The molecule has 0 bridgehead atoms. The summed E-state index contributed by atoms with van der Waals surface area (Å²) >= 11 is 0. The van der Waals surface area contributed by atoms with Crippen LogP contribution in [0.15, 0.2) is 30.5 Å². The van der Waals surface area contributed by atoms with Gasteiger partial charge in [-0.15, -0.1) is 0 Å². The topological polar surface area (TPSA) is 37.3 Å². The van der Waals surface area contributed by atoms with Gasteiger partial charge >= 0.3 is 0 Å². The summed E-state index contributed by atoms with van der Waals surface area (Å²) < 4.78 is 2.24. The first-order valence-corrected chi connectivity index (χ1v) is 9.76. The maximum absolute atomic E-state index is 12.1. The van der Waals surface area contributed by atoms with E-state index in [0.29, 0.717) is 12.5 Å². The highest BCUT2D eigenvalue weighted by atomic mass is 16.1. The summed E-state index contributed by atoms with van der Waals surface area (Å²) in [7, 11) is 0. The van der Waals surface area contributed by atoms with Crippen molar-refractivity contribution in [2.45, 2.75) is 58.5 Å². The van der Waals surface area contributed by atoms with Gasteiger partial charge in [0.05, 0.1) is 0 Å². The van der Waals surface area contributed by atoms with Crippen molar-refractivity contribution >= 4 is 16.8 Å². The maximum Gasteiger partial charge on any atom is 0.220 e. The van der Waals surface area contributed by atoms with Gasteiger partial charge in [0.25, 0.3) is 0 Å². The van der Waals surface area contributed by atoms with Crippen LogP contribution < -0.4 is 5.32 Å². The predicted octanol–water partition coefficient (Wildman–Crippen LogP) is 3.58. The van der Waals surface area contributed by atoms with Gasteiger partial charge in [-0.1, -0.05) is 12.5 Å². The lowest BCUT2D eigenvalue weighted by Crippen LogP contribution is -2.42. The number of fused-ring (bicyclic) bond motifs is 1. The van der Waals surface area contributed by atoms with Crippen LogP contribution in [0.2, 0.25) is 0 Å². The number of aryl methyl sites for hydroxylation is 2. The summed E-state index contributed by atoms with van der Waals surface area (Å²) in [6.07, 6.45) is 7.42. The summed E-state index contributed by atoms with van der Waals surface area (Å²) in [4.78, 5) is 14.6. The van der Waals surface area contributed by atoms with Crippen molar-refractivity contribution in [1.29, 1.82) is 0 Å². The first kappa shape index (κ1) is 18.0. The van der Waals surface area contributed by atoms with Crippen molar-refractivity contribution < 1.29 is 4.79 Å². The number of carbonyl (C=O) groups is 1. The van der Waals surface area contributed by atoms with Crippen LogP contribution in [-0.4, -0.2) is 41.1 Å². The van der Waals surface area contributed by atoms with Crippen LogP contribution in [0.5, 0.6) is 0 Å². The molecule has 3 rings (SSSR count). The highest BCUT2D eigenvalue weighted by Crippen LogP contribution is 2.18. The van der Waals surface area contributed by atoms with Crippen LogP contribution in [-0.2, 0) is 17.8 Å². The molecule has 25 heavy (non-hydrogen) atoms. The third-order valence-electron chi connectivity index (χ3n) is 5.48. The summed E-state index contributed by atoms with van der Waals surface area (Å²) in [5.74, 6) is 0.163. The van der Waals surface area contributed by atoms with Crippen molar-refractivity contribution in [3.05, 3.63) is 36.0 Å². The van der Waals surface area contributed by atoms with Gasteiger partial charge in [-0.05, 0) is 68.8 Å². The zero-order valence-corrected chi connectivity index (χ0v) is 15.6. The smallest absolute Gasteiger partial charge is 0.220 e. The molecule has 1 saturated heterocycles. The Balaban J connectivity index is 1.42. The van der Waals surface area contributed by atoms with Crippen LogP contribution >= 0.6 is 0 Å². The number of hydrogen-bond donors (Lipinski definition) is 1. The van der Waals surface area contributed by atoms with Gasteiger partial charge in [0.15, 0.2) is 0 Å². The van der Waals surface area contributed by atoms with Gasteiger partial charge in [-0.2, -0.15) is 0 Å². The third kappa shape index (κ3) is 4.63. The Labute approximate surface area is 151 Å². The maximum atomic E-state index is 12.1. The molecule has 136 valence electrons. The Kier molecular flexibility index (Phi) is 6.14. The minimum absolute atomic E-state index is 0.163. The summed E-state index contributed by atoms with van der Waals surface area (Å²) in [6.45, 7) is 8.35. The molecule has 0 saturated carbocycles. The zero-order chi connectivity index (χ0) is 17.6. The van der Waals surface area contributed by atoms with E-state index in [1.807, 2.05) is 0 Å². The molecule has 1 N–H and O–H groups in total. The molecule has 1 aromatic heterocycles. The second-order valence-corrected chi connectivity index (χ2v) is 7.23. The fourth-order valence-corrected chi connectivity index (χ4v) is 3.86. The van der Waals surface area contributed by atoms with Crippen LogP contribution in [0.1, 0.15) is 45.1 Å². The highest BCUT2D eigenvalue weighted by Gasteiger charge is 2.17. The van der Waals surface area contributed by atoms with E-state index in [9.17, 15) is 4.79 Å². The van der Waals surface area contributed by atoms with E-state index < -0.39 is 0 Å². The van der Waals surface area contributed by atoms with Crippen molar-refractivity contribution in [3.8, 4) is 0 Å². The van der Waals surface area contributed by atoms with Gasteiger partial charge < -0.3 is 9.88 Å². The number of benzene rings is 1. The molecule has 0 aliphatic carbocycles. The molecule has 4 nitrogen and oxygen atoms in total. The number of hydrogen-bond acceptors (Lipinski definition) is 2. The van der Waals surface area contributed by atoms with Crippen LogP contribution in [0.25, 0.3) is 10.9 Å². The molecule has 1 aliphatic heterocycles. The molecule has 2 aromatic rings. The monoisotopic (exact) mass is 341 g/mol. The Morgan fingerprint density at radius 3 is 2.96 bits per heavy atom. The van der Waals surface area contributed by atoms with Gasteiger partial charge in [0.1, 0.15) is 0 Å². The zero-order valence-electron chi connectivity index (χ0n) is 15.6. The SMILES string of the molecule is CCn1ccc2cc(CCC(=O)NCCN3CCCC[C@@H]3C)ccc21. The minimum Gasteiger partial charge on any atom is -0.355 e. The van der Waals surface area contributed by atoms with Gasteiger partial charge in [-0.3, -0.25) is 9.69 Å². The Hall–Kier alpha value is -1.81. The van der Waals surface area contributed by atoms with E-state index in [-0.39, 0.29) is 5.91 Å². The van der Waals surface area contributed by atoms with E-state index in [1.54, 1.807) is 0 Å². The van der Waals surface area contributed by atoms with Gasteiger partial charge in [0, 0.05) is 43.8 Å². The van der Waals surface area contributed by atoms with E-state index >= 15 is 0 Å². The third-order valence-corrected chi connectivity index (χ3v) is 5.48. The standard InChI is InChI=1S/C21H31N3O/c1-3-23-14-11-19-16-18(7-9-20(19)23)8-10-21(25)22-12-15-24-13-5-4-6-17(24)2/h7,9,11,14,16-17H,3-6,8,10,12-13,15H2,1-2H3,(H,22,25)/t17-/m0/s1. The molecule has 1 fully saturated rings. The molecule has 2 heterocycles. The molecule has 0 spiro atoms. The first-order valence-electron chi connectivity index (χ1n) is 9.76. The Bertz CT molecular complexity index is 706. The second kappa shape index (κ2) is 8.52. The molecule has 1 atom stereocenters. The molecule has 0 radical (unpaired) electrons. The lowest BCUT2D eigenvalue weighted by Gasteiger charge is -2.33. The Morgan fingerprint density at radius 1 is 1.28 bits per heavy atom. The normalized spacial score (nSPS) is 18.6. The van der Waals surface area contributed by atoms with Gasteiger partial charge in [0.2, 0.25) is 5.91 Å². The van der Waals surface area contributed by atoms with Crippen molar-refractivity contribution in [2.75, 3.05) is 19.6 Å². The number of carbonyl (C=O) groups excluding carboxylic acids is 1. The van der Waals surface area contributed by atoms with Gasteiger partial charge in [-0.25, -0.2) is 0 Å². The number of rotatable bonds is 7. The van der Waals surface area contributed by atoms with E-state index in [4.69, 9.17) is 0 Å². The summed E-state index contributed by atoms with van der Waals surface area (Å²) in [5.41, 5.74) is 2.51. The number of nitrogens with one attached hydrogen (secondary N) is 1. The summed E-state index contributed by atoms with van der Waals surface area (Å²) in [5, 5.41) is 4.35. The molecule has 1 aliphatic rings. The number of amides is 1. The minimum atomic E-state index is 0.163. The van der Waals surface area contributed by atoms with E-state index in [0.717, 1.165) is 26.1 Å². The molecule has 1 aromatic carbocycles.